The van der Waals surface area contributed by atoms with Crippen LogP contribution in [-0.2, 0) is 32.2 Å². The maximum Gasteiger partial charge on any atom is 0.195 e. The number of allylic oxidation sites excluding steroid dienone is 1. The van der Waals surface area contributed by atoms with Gasteiger partial charge in [0.15, 0.2) is 10.6 Å². The van der Waals surface area contributed by atoms with Crippen LogP contribution < -0.4 is 0 Å². The first-order valence-electron chi connectivity index (χ1n) is 8.70. The first-order valence-corrected chi connectivity index (χ1v) is 9.11. The fraction of sp³-hybridized carbons (Fsp3) is 0.238. The number of hydrogen-bond acceptors (Lipinski definition) is 2. The number of nitrogens with one attached hydrogen (secondary N) is 1. The number of benzene rings is 2. The van der Waals surface area contributed by atoms with E-state index in [1.807, 2.05) is 10.6 Å². The highest BCUT2D eigenvalue weighted by Gasteiger charge is 2.14. The van der Waals surface area contributed by atoms with E-state index in [0.717, 1.165) is 31.5 Å². The minimum absolute atomic E-state index is 0.641. The molecule has 0 fully saturated rings. The predicted molar refractivity (Wildman–Crippen MR) is 104 cm³/mol. The van der Waals surface area contributed by atoms with E-state index in [9.17, 15) is 0 Å². The van der Waals surface area contributed by atoms with E-state index in [1.165, 1.54) is 27.8 Å². The quantitative estimate of drug-likeness (QED) is 0.551. The zero-order valence-corrected chi connectivity index (χ0v) is 15.0. The van der Waals surface area contributed by atoms with Gasteiger partial charge in [-0.05, 0) is 66.2 Å². The highest BCUT2D eigenvalue weighted by Crippen LogP contribution is 2.27. The van der Waals surface area contributed by atoms with Gasteiger partial charge < -0.3 is 0 Å². The molecule has 1 aromatic heterocycles. The van der Waals surface area contributed by atoms with Crippen LogP contribution in [0.15, 0.2) is 55.1 Å². The van der Waals surface area contributed by atoms with Crippen molar-refractivity contribution in [3.8, 4) is 11.4 Å². The van der Waals surface area contributed by atoms with E-state index in [-0.39, 0.29) is 0 Å². The van der Waals surface area contributed by atoms with Gasteiger partial charge in [-0.3, -0.25) is 9.67 Å². The lowest BCUT2D eigenvalue weighted by atomic mass is 9.93. The molecule has 25 heavy (non-hydrogen) atoms. The Morgan fingerprint density at radius 3 is 2.36 bits per heavy atom. The lowest BCUT2D eigenvalue weighted by Gasteiger charge is -2.14. The Bertz CT molecular complexity index is 964. The summed E-state index contributed by atoms with van der Waals surface area (Å²) in [5, 5.41) is 7.46. The van der Waals surface area contributed by atoms with Crippen molar-refractivity contribution in [3.63, 3.8) is 0 Å². The fourth-order valence-corrected chi connectivity index (χ4v) is 3.67. The van der Waals surface area contributed by atoms with E-state index in [0.29, 0.717) is 11.3 Å². The molecular formula is C21H21N3S. The van der Waals surface area contributed by atoms with Crippen molar-refractivity contribution >= 4 is 12.2 Å². The van der Waals surface area contributed by atoms with Gasteiger partial charge in [0.05, 0.1) is 0 Å². The molecule has 0 unspecified atom stereocenters. The largest absolute Gasteiger partial charge is 0.296 e. The summed E-state index contributed by atoms with van der Waals surface area (Å²) >= 11 is 5.40. The van der Waals surface area contributed by atoms with Gasteiger partial charge in [-0.1, -0.05) is 42.5 Å². The lowest BCUT2D eigenvalue weighted by molar-refractivity contribution is 0.811. The zero-order chi connectivity index (χ0) is 17.2. The van der Waals surface area contributed by atoms with Crippen LogP contribution in [-0.4, -0.2) is 14.8 Å². The number of H-pyrrole nitrogens is 1. The normalized spacial score (nSPS) is 13.4. The molecule has 2 aromatic carbocycles. The third-order valence-corrected chi connectivity index (χ3v) is 5.21. The summed E-state index contributed by atoms with van der Waals surface area (Å²) < 4.78 is 2.66. The third-order valence-electron chi connectivity index (χ3n) is 4.89. The number of aromatic nitrogens is 3. The number of rotatable bonds is 3. The molecule has 4 heteroatoms. The Kier molecular flexibility index (Phi) is 4.36. The van der Waals surface area contributed by atoms with Crippen LogP contribution >= 0.6 is 12.2 Å². The van der Waals surface area contributed by atoms with Crippen molar-refractivity contribution in [1.82, 2.24) is 14.8 Å². The predicted octanol–water partition coefficient (Wildman–Crippen LogP) is 4.68. The van der Waals surface area contributed by atoms with E-state index < -0.39 is 0 Å². The second-order valence-corrected chi connectivity index (χ2v) is 6.95. The molecule has 3 nitrogen and oxygen atoms in total. The van der Waals surface area contributed by atoms with Gasteiger partial charge in [0.25, 0.3) is 0 Å². The van der Waals surface area contributed by atoms with Gasteiger partial charge in [-0.25, -0.2) is 0 Å². The van der Waals surface area contributed by atoms with Crippen LogP contribution in [0.25, 0.3) is 11.4 Å². The number of aromatic amines is 1. The standard InChI is InChI=1S/C21H21N3S/c1-2-13-24-20(22-23-21(24)25)19-14-17-8-7-15-3-5-16(6-4-15)9-11-18(19)12-10-17/h2-6,10,12,14H,1,7-9,11,13H2,(H,23,25). The van der Waals surface area contributed by atoms with Crippen molar-refractivity contribution < 1.29 is 0 Å². The topological polar surface area (TPSA) is 33.6 Å². The van der Waals surface area contributed by atoms with Crippen molar-refractivity contribution in [3.05, 3.63) is 82.1 Å². The molecule has 1 N–H and O–H groups in total. The lowest BCUT2D eigenvalue weighted by Crippen LogP contribution is -2.04. The van der Waals surface area contributed by atoms with Gasteiger partial charge in [0.1, 0.15) is 0 Å². The van der Waals surface area contributed by atoms with Gasteiger partial charge in [-0.15, -0.1) is 6.58 Å². The minimum Gasteiger partial charge on any atom is -0.296 e. The second-order valence-electron chi connectivity index (χ2n) is 6.56. The first-order chi connectivity index (χ1) is 12.2. The van der Waals surface area contributed by atoms with Gasteiger partial charge in [0, 0.05) is 12.1 Å². The molecule has 1 heterocycles. The molecule has 3 aromatic rings. The Balaban J connectivity index is 1.82. The molecule has 0 saturated carbocycles. The average Bonchev–Trinajstić information content (AvgIpc) is 2.98. The smallest absolute Gasteiger partial charge is 0.195 e. The second kappa shape index (κ2) is 6.81. The van der Waals surface area contributed by atoms with Crippen LogP contribution in [0.5, 0.6) is 0 Å². The highest BCUT2D eigenvalue weighted by molar-refractivity contribution is 7.71. The minimum atomic E-state index is 0.641. The maximum absolute atomic E-state index is 5.40. The molecule has 126 valence electrons. The molecular weight excluding hydrogens is 326 g/mol. The summed E-state index contributed by atoms with van der Waals surface area (Å²) in [6, 6.07) is 15.8. The fourth-order valence-electron chi connectivity index (χ4n) is 3.47. The van der Waals surface area contributed by atoms with Crippen LogP contribution in [0.4, 0.5) is 0 Å². The van der Waals surface area contributed by atoms with Crippen molar-refractivity contribution in [2.24, 2.45) is 0 Å². The summed E-state index contributed by atoms with van der Waals surface area (Å²) in [7, 11) is 0. The van der Waals surface area contributed by atoms with Gasteiger partial charge >= 0.3 is 0 Å². The first kappa shape index (κ1) is 16.0. The summed E-state index contributed by atoms with van der Waals surface area (Å²) in [4.78, 5) is 0. The van der Waals surface area contributed by atoms with Crippen LogP contribution in [0, 0.1) is 4.77 Å². The third kappa shape index (κ3) is 3.22. The van der Waals surface area contributed by atoms with E-state index in [2.05, 4.69) is 59.2 Å². The summed E-state index contributed by atoms with van der Waals surface area (Å²) in [6.45, 7) is 4.51. The summed E-state index contributed by atoms with van der Waals surface area (Å²) in [6.07, 6.45) is 5.96. The molecule has 0 spiro atoms. The Morgan fingerprint density at radius 2 is 1.64 bits per heavy atom. The number of aryl methyl sites for hydroxylation is 4. The van der Waals surface area contributed by atoms with Crippen molar-refractivity contribution in [1.29, 1.82) is 0 Å². The number of nitrogens with zero attached hydrogens (tertiary/aromatic N) is 2. The van der Waals surface area contributed by atoms with Crippen molar-refractivity contribution in [2.75, 3.05) is 0 Å². The van der Waals surface area contributed by atoms with Crippen LogP contribution in [0.3, 0.4) is 0 Å². The maximum atomic E-state index is 5.40. The molecule has 0 saturated heterocycles. The SMILES string of the molecule is C=CCn1c(-c2cc3ccc2CCc2ccc(cc2)CC3)n[nH]c1=S. The van der Waals surface area contributed by atoms with E-state index in [4.69, 9.17) is 12.2 Å². The molecule has 0 atom stereocenters. The molecule has 4 aliphatic rings. The number of hydrogen-bond donors (Lipinski definition) is 1. The average molecular weight is 347 g/mol. The Hall–Kier alpha value is -2.46. The van der Waals surface area contributed by atoms with Crippen LogP contribution in [0.2, 0.25) is 0 Å². The van der Waals surface area contributed by atoms with Gasteiger partial charge in [-0.2, -0.15) is 5.10 Å². The summed E-state index contributed by atoms with van der Waals surface area (Å²) in [5.41, 5.74) is 6.60. The molecule has 7 rings (SSSR count). The zero-order valence-electron chi connectivity index (χ0n) is 14.2. The van der Waals surface area contributed by atoms with E-state index in [1.54, 1.807) is 0 Å². The molecule has 0 amide bonds. The van der Waals surface area contributed by atoms with Gasteiger partial charge in [0.2, 0.25) is 0 Å². The van der Waals surface area contributed by atoms with E-state index >= 15 is 0 Å². The monoisotopic (exact) mass is 347 g/mol. The molecule has 4 bridgehead atoms. The highest BCUT2D eigenvalue weighted by atomic mass is 32.1. The molecule has 0 radical (unpaired) electrons. The Morgan fingerprint density at radius 1 is 1.00 bits per heavy atom. The Labute approximate surface area is 153 Å². The van der Waals surface area contributed by atoms with Crippen molar-refractivity contribution in [2.45, 2.75) is 32.2 Å². The molecule has 4 aliphatic carbocycles. The van der Waals surface area contributed by atoms with Crippen LogP contribution in [0.1, 0.15) is 22.3 Å². The molecule has 0 aliphatic heterocycles. The summed E-state index contributed by atoms with van der Waals surface area (Å²) in [5.74, 6) is 0.910.